The van der Waals surface area contributed by atoms with Crippen molar-refractivity contribution in [1.82, 2.24) is 5.09 Å². The first-order chi connectivity index (χ1) is 8.70. The third-order valence-corrected chi connectivity index (χ3v) is 5.50. The van der Waals surface area contributed by atoms with Gasteiger partial charge in [0.25, 0.3) is 7.52 Å². The number of thiol groups is 2. The fraction of sp³-hybridized carbons (Fsp3) is 0.833. The van der Waals surface area contributed by atoms with Crippen LogP contribution >= 0.6 is 32.8 Å². The Hall–Kier alpha value is 0.590. The molecule has 0 heterocycles. The smallest absolute Gasteiger partial charge is 0.293 e. The van der Waals surface area contributed by atoms with Gasteiger partial charge >= 0.3 is 0 Å². The van der Waals surface area contributed by atoms with Gasteiger partial charge < -0.3 is 4.52 Å². The third kappa shape index (κ3) is 6.67. The zero-order chi connectivity index (χ0) is 13.3. The lowest BCUT2D eigenvalue weighted by Crippen LogP contribution is -2.27. The monoisotopic (exact) mass is 309 g/mol. The largest absolute Gasteiger partial charge is 0.314 e. The van der Waals surface area contributed by atoms with E-state index in [1.165, 1.54) is 43.3 Å². The van der Waals surface area contributed by atoms with Crippen molar-refractivity contribution in [1.29, 1.82) is 0 Å². The Balaban J connectivity index is 2.54. The third-order valence-electron chi connectivity index (χ3n) is 3.10. The lowest BCUT2D eigenvalue weighted by molar-refractivity contribution is 0.322. The molecule has 0 aromatic carbocycles. The number of nitrogens with one attached hydrogen (secondary N) is 1. The molecule has 1 aliphatic carbocycles. The first-order valence-corrected chi connectivity index (χ1v) is 9.49. The Labute approximate surface area is 121 Å². The van der Waals surface area contributed by atoms with Gasteiger partial charge in [0.2, 0.25) is 0 Å². The zero-order valence-corrected chi connectivity index (χ0v) is 13.4. The van der Waals surface area contributed by atoms with E-state index in [-0.39, 0.29) is 0 Å². The molecule has 0 radical (unpaired) electrons. The molecular weight excluding hydrogens is 285 g/mol. The van der Waals surface area contributed by atoms with Crippen molar-refractivity contribution in [2.75, 3.05) is 12.4 Å². The van der Waals surface area contributed by atoms with E-state index < -0.39 is 7.52 Å². The summed E-state index contributed by atoms with van der Waals surface area (Å²) in [5.41, 5.74) is 0. The standard InChI is InChI=1S/C12H24NO2PS2/c14-16(9-11-18,15-8-10-17)13-12-6-4-2-1-3-5-7-12/h9,11-12,17-18H,1-8,10H2,(H,13,14)/b11-9-. The van der Waals surface area contributed by atoms with Gasteiger partial charge in [-0.1, -0.05) is 32.1 Å². The van der Waals surface area contributed by atoms with Gasteiger partial charge in [-0.3, -0.25) is 4.57 Å². The van der Waals surface area contributed by atoms with Crippen molar-refractivity contribution in [3.05, 3.63) is 11.2 Å². The van der Waals surface area contributed by atoms with E-state index in [1.807, 2.05) is 0 Å². The lowest BCUT2D eigenvalue weighted by Gasteiger charge is -2.25. The van der Waals surface area contributed by atoms with Crippen LogP contribution in [0.3, 0.4) is 0 Å². The maximum Gasteiger partial charge on any atom is 0.293 e. The van der Waals surface area contributed by atoms with E-state index in [4.69, 9.17) is 4.52 Å². The molecule has 1 unspecified atom stereocenters. The second-order valence-corrected chi connectivity index (χ2v) is 7.38. The fourth-order valence-corrected chi connectivity index (χ4v) is 4.54. The molecule has 0 bridgehead atoms. The average molecular weight is 309 g/mol. The average Bonchev–Trinajstić information content (AvgIpc) is 2.30. The summed E-state index contributed by atoms with van der Waals surface area (Å²) in [6.45, 7) is 0.387. The van der Waals surface area contributed by atoms with Gasteiger partial charge in [0.1, 0.15) is 0 Å². The molecule has 1 aliphatic rings. The summed E-state index contributed by atoms with van der Waals surface area (Å²) in [5, 5.41) is 4.69. The minimum Gasteiger partial charge on any atom is -0.314 e. The highest BCUT2D eigenvalue weighted by Gasteiger charge is 2.24. The molecule has 18 heavy (non-hydrogen) atoms. The van der Waals surface area contributed by atoms with E-state index in [1.54, 1.807) is 0 Å². The molecule has 3 nitrogen and oxygen atoms in total. The maximum absolute atomic E-state index is 12.5. The first kappa shape index (κ1) is 16.6. The van der Waals surface area contributed by atoms with Crippen LogP contribution in [0.25, 0.3) is 0 Å². The zero-order valence-electron chi connectivity index (χ0n) is 10.8. The van der Waals surface area contributed by atoms with Crippen molar-refractivity contribution >= 4 is 32.8 Å². The van der Waals surface area contributed by atoms with Crippen LogP contribution in [0.4, 0.5) is 0 Å². The predicted octanol–water partition coefficient (Wildman–Crippen LogP) is 4.23. The minimum atomic E-state index is -2.89. The second-order valence-electron chi connectivity index (χ2n) is 4.62. The Bertz CT molecular complexity index is 292. The second kappa shape index (κ2) is 9.49. The molecule has 0 saturated heterocycles. The van der Waals surface area contributed by atoms with Crippen molar-refractivity contribution in [2.45, 2.75) is 51.0 Å². The molecule has 106 valence electrons. The van der Waals surface area contributed by atoms with Gasteiger partial charge in [0, 0.05) is 17.6 Å². The number of hydrogen-bond donors (Lipinski definition) is 3. The Kier molecular flexibility index (Phi) is 8.77. The summed E-state index contributed by atoms with van der Waals surface area (Å²) in [5.74, 6) is 2.11. The molecule has 0 aromatic heterocycles. The normalized spacial score (nSPS) is 22.6. The molecule has 0 aliphatic heterocycles. The Morgan fingerprint density at radius 1 is 1.22 bits per heavy atom. The molecule has 1 saturated carbocycles. The number of rotatable bonds is 6. The van der Waals surface area contributed by atoms with Crippen LogP contribution < -0.4 is 5.09 Å². The molecule has 1 rings (SSSR count). The summed E-state index contributed by atoms with van der Waals surface area (Å²) >= 11 is 8.08. The highest BCUT2D eigenvalue weighted by molar-refractivity contribution is 7.84. The summed E-state index contributed by atoms with van der Waals surface area (Å²) in [6.07, 6.45) is 8.45. The van der Waals surface area contributed by atoms with Crippen LogP contribution in [0.5, 0.6) is 0 Å². The van der Waals surface area contributed by atoms with Crippen LogP contribution in [-0.4, -0.2) is 18.4 Å². The van der Waals surface area contributed by atoms with E-state index in [2.05, 4.69) is 30.3 Å². The van der Waals surface area contributed by atoms with Crippen LogP contribution in [0.2, 0.25) is 0 Å². The first-order valence-electron chi connectivity index (χ1n) is 6.65. The lowest BCUT2D eigenvalue weighted by atomic mass is 9.97. The molecule has 0 amide bonds. The Morgan fingerprint density at radius 2 is 1.83 bits per heavy atom. The Morgan fingerprint density at radius 3 is 2.39 bits per heavy atom. The van der Waals surface area contributed by atoms with Crippen LogP contribution in [-0.2, 0) is 9.09 Å². The van der Waals surface area contributed by atoms with Gasteiger partial charge in [-0.05, 0) is 18.2 Å². The molecule has 1 fully saturated rings. The van der Waals surface area contributed by atoms with Gasteiger partial charge in [-0.25, -0.2) is 5.09 Å². The molecule has 0 spiro atoms. The topological polar surface area (TPSA) is 38.3 Å². The molecule has 6 heteroatoms. The highest BCUT2D eigenvalue weighted by Crippen LogP contribution is 2.45. The summed E-state index contributed by atoms with van der Waals surface area (Å²) < 4.78 is 18.0. The van der Waals surface area contributed by atoms with E-state index in [9.17, 15) is 4.57 Å². The van der Waals surface area contributed by atoms with Gasteiger partial charge in [0.15, 0.2) is 0 Å². The molecule has 1 N–H and O–H groups in total. The van der Waals surface area contributed by atoms with Crippen molar-refractivity contribution in [3.63, 3.8) is 0 Å². The summed E-state index contributed by atoms with van der Waals surface area (Å²) in [7, 11) is -2.89. The van der Waals surface area contributed by atoms with Crippen LogP contribution in [0.1, 0.15) is 44.9 Å². The van der Waals surface area contributed by atoms with Gasteiger partial charge in [0.05, 0.1) is 6.61 Å². The minimum absolute atomic E-state index is 0.292. The number of hydrogen-bond acceptors (Lipinski definition) is 4. The highest BCUT2D eigenvalue weighted by atomic mass is 32.1. The van der Waals surface area contributed by atoms with Gasteiger partial charge in [-0.15, -0.1) is 0 Å². The van der Waals surface area contributed by atoms with Crippen molar-refractivity contribution in [3.8, 4) is 0 Å². The molecule has 1 atom stereocenters. The van der Waals surface area contributed by atoms with Crippen LogP contribution in [0.15, 0.2) is 11.2 Å². The maximum atomic E-state index is 12.5. The fourth-order valence-electron chi connectivity index (χ4n) is 2.23. The molecular formula is C12H24NO2PS2. The summed E-state index contributed by atoms with van der Waals surface area (Å²) in [6, 6.07) is 0.292. The SMILES string of the molecule is O=P(/C=C\S)(NC1CCCCCCC1)OCCS. The molecule has 0 aromatic rings. The van der Waals surface area contributed by atoms with Crippen LogP contribution in [0, 0.1) is 0 Å². The van der Waals surface area contributed by atoms with E-state index in [0.717, 1.165) is 12.8 Å². The predicted molar refractivity (Wildman–Crippen MR) is 84.8 cm³/mol. The van der Waals surface area contributed by atoms with Gasteiger partial charge in [-0.2, -0.15) is 25.3 Å². The quantitative estimate of drug-likeness (QED) is 0.508. The van der Waals surface area contributed by atoms with Crippen molar-refractivity contribution in [2.24, 2.45) is 0 Å². The van der Waals surface area contributed by atoms with E-state index in [0.29, 0.717) is 18.4 Å². The summed E-state index contributed by atoms with van der Waals surface area (Å²) in [4.78, 5) is 0. The van der Waals surface area contributed by atoms with Crippen molar-refractivity contribution < 1.29 is 9.09 Å². The van der Waals surface area contributed by atoms with E-state index >= 15 is 0 Å².